The summed E-state index contributed by atoms with van der Waals surface area (Å²) in [5.74, 6) is -2.35. The molecule has 3 aliphatic rings. The van der Waals surface area contributed by atoms with Crippen molar-refractivity contribution >= 4 is 23.9 Å². The molecule has 0 N–H and O–H groups in total. The first-order valence-corrected chi connectivity index (χ1v) is 14.5. The van der Waals surface area contributed by atoms with Crippen LogP contribution in [0.5, 0.6) is 0 Å². The second kappa shape index (κ2) is 10.5. The van der Waals surface area contributed by atoms with Gasteiger partial charge in [-0.2, -0.15) is 0 Å². The van der Waals surface area contributed by atoms with Crippen molar-refractivity contribution in [1.29, 1.82) is 0 Å². The number of hydrogen-bond donors (Lipinski definition) is 0. The minimum absolute atomic E-state index is 0.191. The predicted molar refractivity (Wildman–Crippen MR) is 148 cm³/mol. The molecular formula is C31H50O10. The number of rotatable bonds is 5. The molecule has 7 atom stereocenters. The summed E-state index contributed by atoms with van der Waals surface area (Å²) in [4.78, 5) is 52.8. The van der Waals surface area contributed by atoms with E-state index < -0.39 is 81.2 Å². The third kappa shape index (κ3) is 6.28. The Morgan fingerprint density at radius 3 is 1.54 bits per heavy atom. The molecule has 3 rings (SSSR count). The van der Waals surface area contributed by atoms with Crippen LogP contribution >= 0.6 is 0 Å². The summed E-state index contributed by atoms with van der Waals surface area (Å²) in [5, 5.41) is 0. The summed E-state index contributed by atoms with van der Waals surface area (Å²) in [6, 6.07) is 0. The average molecular weight is 583 g/mol. The van der Waals surface area contributed by atoms with Gasteiger partial charge in [-0.3, -0.25) is 19.2 Å². The molecule has 0 bridgehead atoms. The first-order chi connectivity index (χ1) is 18.4. The van der Waals surface area contributed by atoms with Crippen LogP contribution in [0, 0.1) is 27.6 Å². The first kappa shape index (κ1) is 33.3. The van der Waals surface area contributed by atoms with Gasteiger partial charge in [0.1, 0.15) is 23.9 Å². The molecule has 0 amide bonds. The molecule has 3 fully saturated rings. The lowest BCUT2D eigenvalue weighted by molar-refractivity contribution is -0.283. The maximum absolute atomic E-state index is 13.4. The fourth-order valence-corrected chi connectivity index (χ4v) is 5.28. The number of hydrogen-bond acceptors (Lipinski definition) is 10. The fraction of sp³-hybridized carbons (Fsp3) is 0.871. The van der Waals surface area contributed by atoms with Crippen molar-refractivity contribution in [3.63, 3.8) is 0 Å². The molecule has 0 aromatic rings. The smallest absolute Gasteiger partial charge is 0.311 e. The Hall–Kier alpha value is -2.20. The molecule has 10 heteroatoms. The van der Waals surface area contributed by atoms with Crippen LogP contribution in [0.15, 0.2) is 0 Å². The van der Waals surface area contributed by atoms with Gasteiger partial charge in [0.15, 0.2) is 18.3 Å². The van der Waals surface area contributed by atoms with Crippen LogP contribution in [0.3, 0.4) is 0 Å². The second-order valence-electron chi connectivity index (χ2n) is 15.9. The zero-order chi connectivity index (χ0) is 31.6. The standard InChI is InChI=1S/C31H50O10/c1-26(2,3)22(32)36-16-17-19(38-23(33)27(4,5)6)20(39-24(34)28(7,8)9)21(40-25(35)29(10,11)12)31(41-17)18-14-15-37-30(18,31)13/h17-21H,14-16H2,1-13H3/t17-,18-,19-,20+,21-,30+,31-/m1/s1. The minimum Gasteiger partial charge on any atom is -0.462 e. The van der Waals surface area contributed by atoms with E-state index in [1.807, 2.05) is 6.92 Å². The second-order valence-corrected chi connectivity index (χ2v) is 15.9. The van der Waals surface area contributed by atoms with E-state index in [0.29, 0.717) is 13.0 Å². The minimum atomic E-state index is -1.25. The van der Waals surface area contributed by atoms with E-state index in [4.69, 9.17) is 28.4 Å². The van der Waals surface area contributed by atoms with E-state index in [1.165, 1.54) is 0 Å². The molecule has 2 saturated heterocycles. The molecule has 1 aliphatic carbocycles. The first-order valence-electron chi connectivity index (χ1n) is 14.5. The van der Waals surface area contributed by atoms with Gasteiger partial charge in [-0.1, -0.05) is 0 Å². The zero-order valence-electron chi connectivity index (χ0n) is 27.1. The Morgan fingerprint density at radius 1 is 0.683 bits per heavy atom. The topological polar surface area (TPSA) is 124 Å². The van der Waals surface area contributed by atoms with E-state index in [1.54, 1.807) is 83.1 Å². The highest BCUT2D eigenvalue weighted by Crippen LogP contribution is 2.69. The Balaban J connectivity index is 2.16. The lowest BCUT2D eigenvalue weighted by Gasteiger charge is -2.48. The lowest BCUT2D eigenvalue weighted by atomic mass is 9.87. The molecule has 0 aromatic heterocycles. The molecule has 0 radical (unpaired) electrons. The average Bonchev–Trinajstić information content (AvgIpc) is 3.06. The monoisotopic (exact) mass is 582 g/mol. The van der Waals surface area contributed by atoms with E-state index in [9.17, 15) is 19.2 Å². The maximum Gasteiger partial charge on any atom is 0.311 e. The van der Waals surface area contributed by atoms with Crippen LogP contribution in [-0.4, -0.2) is 72.7 Å². The normalized spacial score (nSPS) is 33.5. The molecule has 234 valence electrons. The van der Waals surface area contributed by atoms with E-state index in [2.05, 4.69) is 0 Å². The summed E-state index contributed by atoms with van der Waals surface area (Å²) in [7, 11) is 0. The van der Waals surface area contributed by atoms with E-state index in [0.717, 1.165) is 0 Å². The SMILES string of the molecule is CC(C)(C)C(=O)OC[C@H]1O[C@@]2([C@H](OC(=O)C(C)(C)C)[C@@H](OC(=O)C(C)(C)C)[C@@H]1OC(=O)C(C)(C)C)[C@@H]1CCO[C@@]12C. The van der Waals surface area contributed by atoms with Crippen LogP contribution in [-0.2, 0) is 47.6 Å². The van der Waals surface area contributed by atoms with Gasteiger partial charge in [0.25, 0.3) is 0 Å². The molecular weight excluding hydrogens is 532 g/mol. The maximum atomic E-state index is 13.4. The van der Waals surface area contributed by atoms with Gasteiger partial charge in [-0.25, -0.2) is 0 Å². The van der Waals surface area contributed by atoms with Gasteiger partial charge in [-0.15, -0.1) is 0 Å². The van der Waals surface area contributed by atoms with E-state index in [-0.39, 0.29) is 12.5 Å². The Labute approximate surface area is 244 Å². The van der Waals surface area contributed by atoms with Crippen molar-refractivity contribution in [2.75, 3.05) is 13.2 Å². The summed E-state index contributed by atoms with van der Waals surface area (Å²) in [6.07, 6.45) is -4.04. The highest BCUT2D eigenvalue weighted by atomic mass is 16.7. The van der Waals surface area contributed by atoms with Crippen molar-refractivity contribution in [1.82, 2.24) is 0 Å². The molecule has 0 aromatic carbocycles. The van der Waals surface area contributed by atoms with Crippen molar-refractivity contribution < 1.29 is 47.6 Å². The molecule has 10 nitrogen and oxygen atoms in total. The van der Waals surface area contributed by atoms with Gasteiger partial charge in [0.2, 0.25) is 0 Å². The lowest BCUT2D eigenvalue weighted by Crippen LogP contribution is -2.67. The van der Waals surface area contributed by atoms with Crippen molar-refractivity contribution in [3.05, 3.63) is 0 Å². The molecule has 1 saturated carbocycles. The Morgan fingerprint density at radius 2 is 1.12 bits per heavy atom. The molecule has 41 heavy (non-hydrogen) atoms. The molecule has 1 spiro atoms. The number of ether oxygens (including phenoxy) is 6. The van der Waals surface area contributed by atoms with Crippen LogP contribution in [0.1, 0.15) is 96.4 Å². The van der Waals surface area contributed by atoms with Crippen molar-refractivity contribution in [3.8, 4) is 0 Å². The van der Waals surface area contributed by atoms with Crippen molar-refractivity contribution in [2.24, 2.45) is 27.6 Å². The Kier molecular flexibility index (Phi) is 8.53. The van der Waals surface area contributed by atoms with Crippen LogP contribution < -0.4 is 0 Å². The summed E-state index contributed by atoms with van der Waals surface area (Å²) < 4.78 is 36.9. The van der Waals surface area contributed by atoms with Gasteiger partial charge >= 0.3 is 23.9 Å². The number of esters is 4. The van der Waals surface area contributed by atoms with Crippen LogP contribution in [0.2, 0.25) is 0 Å². The zero-order valence-corrected chi connectivity index (χ0v) is 27.1. The third-order valence-electron chi connectivity index (χ3n) is 7.99. The molecule has 0 unspecified atom stereocenters. The largest absolute Gasteiger partial charge is 0.462 e. The number of carbonyl (C=O) groups excluding carboxylic acids is 4. The quantitative estimate of drug-likeness (QED) is 0.340. The van der Waals surface area contributed by atoms with Crippen LogP contribution in [0.25, 0.3) is 0 Å². The highest BCUT2D eigenvalue weighted by Gasteiger charge is 2.86. The number of carbonyl (C=O) groups is 4. The summed E-state index contributed by atoms with van der Waals surface area (Å²) >= 11 is 0. The fourth-order valence-electron chi connectivity index (χ4n) is 5.28. The van der Waals surface area contributed by atoms with Gasteiger partial charge < -0.3 is 28.4 Å². The Bertz CT molecular complexity index is 1050. The van der Waals surface area contributed by atoms with Gasteiger partial charge in [0, 0.05) is 12.5 Å². The third-order valence-corrected chi connectivity index (χ3v) is 7.99. The highest BCUT2D eigenvalue weighted by molar-refractivity contribution is 5.78. The van der Waals surface area contributed by atoms with Gasteiger partial charge in [0.05, 0.1) is 21.7 Å². The van der Waals surface area contributed by atoms with Crippen molar-refractivity contribution in [2.45, 2.75) is 132 Å². The predicted octanol–water partition coefficient (Wildman–Crippen LogP) is 4.40. The number of fused-ring (bicyclic) bond motifs is 3. The van der Waals surface area contributed by atoms with Gasteiger partial charge in [-0.05, 0) is 96.4 Å². The molecule has 2 heterocycles. The van der Waals surface area contributed by atoms with Crippen LogP contribution in [0.4, 0.5) is 0 Å². The summed E-state index contributed by atoms with van der Waals surface area (Å²) in [6.45, 7) is 22.7. The summed E-state index contributed by atoms with van der Waals surface area (Å²) in [5.41, 5.74) is -5.58. The molecule has 2 aliphatic heterocycles. The van der Waals surface area contributed by atoms with E-state index >= 15 is 0 Å².